The second-order valence-corrected chi connectivity index (χ2v) is 11.8. The van der Waals surface area contributed by atoms with E-state index in [1.165, 1.54) is 36.7 Å². The molecule has 0 atom stereocenters. The van der Waals surface area contributed by atoms with Crippen molar-refractivity contribution in [1.82, 2.24) is 24.2 Å². The van der Waals surface area contributed by atoms with Gasteiger partial charge in [-0.3, -0.25) is 9.59 Å². The Labute approximate surface area is 242 Å². The second-order valence-electron chi connectivity index (χ2n) is 9.26. The van der Waals surface area contributed by atoms with Crippen molar-refractivity contribution in [3.05, 3.63) is 87.8 Å². The monoisotopic (exact) mass is 597 g/mol. The van der Waals surface area contributed by atoms with E-state index >= 15 is 0 Å². The number of hydrogen-bond acceptors (Lipinski definition) is 9. The quantitative estimate of drug-likeness (QED) is 0.262. The summed E-state index contributed by atoms with van der Waals surface area (Å²) in [6.07, 6.45) is 4.07. The molecule has 2 amide bonds. The standard InChI is InChI=1S/C28H31N5O6S2/c1-19-23(38-3)13-21(14-24(19)39-4)28(35)33(12-8-11-20-9-6-5-7-10-20)15-25-30-22(17-40-25)27(34)31-41(36,37)26-16-32(2)18-29-26/h5-7,9-10,13-14,16-18H,8,11-12,15H2,1-4H3,(H,31,34). The van der Waals surface area contributed by atoms with Crippen LogP contribution in [0.2, 0.25) is 0 Å². The summed E-state index contributed by atoms with van der Waals surface area (Å²) in [5, 5.41) is 1.66. The second kappa shape index (κ2) is 13.0. The lowest BCUT2D eigenvalue weighted by Crippen LogP contribution is -2.32. The van der Waals surface area contributed by atoms with Crippen molar-refractivity contribution in [3.63, 3.8) is 0 Å². The van der Waals surface area contributed by atoms with Crippen LogP contribution in [0.5, 0.6) is 11.5 Å². The van der Waals surface area contributed by atoms with E-state index in [9.17, 15) is 18.0 Å². The minimum Gasteiger partial charge on any atom is -0.496 e. The number of carbonyl (C=O) groups is 2. The van der Waals surface area contributed by atoms with Crippen LogP contribution >= 0.6 is 11.3 Å². The number of amides is 2. The minimum atomic E-state index is -4.16. The van der Waals surface area contributed by atoms with Gasteiger partial charge in [0.05, 0.1) is 27.1 Å². The number of hydrogen-bond donors (Lipinski definition) is 1. The smallest absolute Gasteiger partial charge is 0.284 e. The third kappa shape index (κ3) is 7.30. The maximum atomic E-state index is 13.8. The number of rotatable bonds is 12. The summed E-state index contributed by atoms with van der Waals surface area (Å²) in [5.74, 6) is -0.0831. The average Bonchev–Trinajstić information content (AvgIpc) is 3.62. The van der Waals surface area contributed by atoms with Crippen LogP contribution in [0.15, 0.2) is 65.4 Å². The van der Waals surface area contributed by atoms with Gasteiger partial charge in [0.15, 0.2) is 5.03 Å². The van der Waals surface area contributed by atoms with Crippen LogP contribution in [0.3, 0.4) is 0 Å². The van der Waals surface area contributed by atoms with E-state index in [4.69, 9.17) is 9.47 Å². The van der Waals surface area contributed by atoms with Crippen molar-refractivity contribution < 1.29 is 27.5 Å². The molecule has 0 aliphatic carbocycles. The molecule has 0 fully saturated rings. The van der Waals surface area contributed by atoms with Gasteiger partial charge in [0.2, 0.25) is 0 Å². The van der Waals surface area contributed by atoms with Crippen molar-refractivity contribution in [2.45, 2.75) is 31.3 Å². The average molecular weight is 598 g/mol. The number of nitrogens with zero attached hydrogens (tertiary/aromatic N) is 4. The zero-order chi connectivity index (χ0) is 29.6. The fourth-order valence-corrected chi connectivity index (χ4v) is 5.90. The summed E-state index contributed by atoms with van der Waals surface area (Å²) in [4.78, 5) is 36.2. The summed E-state index contributed by atoms with van der Waals surface area (Å²) in [7, 11) is 0.524. The van der Waals surface area contributed by atoms with E-state index in [1.807, 2.05) is 42.0 Å². The molecule has 13 heteroatoms. The number of methoxy groups -OCH3 is 2. The van der Waals surface area contributed by atoms with Gasteiger partial charge in [-0.15, -0.1) is 11.3 Å². The first-order valence-corrected chi connectivity index (χ1v) is 15.0. The first-order valence-electron chi connectivity index (χ1n) is 12.7. The largest absolute Gasteiger partial charge is 0.496 e. The molecule has 0 aliphatic heterocycles. The van der Waals surface area contributed by atoms with Crippen molar-refractivity contribution in [3.8, 4) is 11.5 Å². The molecule has 0 radical (unpaired) electrons. The molecule has 0 spiro atoms. The molecule has 0 saturated heterocycles. The van der Waals surface area contributed by atoms with Crippen LogP contribution in [-0.4, -0.2) is 60.4 Å². The summed E-state index contributed by atoms with van der Waals surface area (Å²) in [6, 6.07) is 13.3. The molecule has 0 saturated carbocycles. The fraction of sp³-hybridized carbons (Fsp3) is 0.286. The number of imidazole rings is 1. The molecular formula is C28H31N5O6S2. The van der Waals surface area contributed by atoms with Gasteiger partial charge in [0, 0.05) is 36.3 Å². The van der Waals surface area contributed by atoms with Crippen molar-refractivity contribution in [2.24, 2.45) is 7.05 Å². The van der Waals surface area contributed by atoms with Gasteiger partial charge >= 0.3 is 0 Å². The summed E-state index contributed by atoms with van der Waals surface area (Å²) in [6.45, 7) is 2.39. The number of aryl methyl sites for hydroxylation is 2. The number of sulfonamides is 1. The topological polar surface area (TPSA) is 133 Å². The lowest BCUT2D eigenvalue weighted by Gasteiger charge is -2.23. The Balaban J connectivity index is 1.54. The van der Waals surface area contributed by atoms with Gasteiger partial charge < -0.3 is 18.9 Å². The normalized spacial score (nSPS) is 11.2. The van der Waals surface area contributed by atoms with E-state index in [-0.39, 0.29) is 23.2 Å². The van der Waals surface area contributed by atoms with E-state index in [1.54, 1.807) is 24.1 Å². The number of nitrogens with one attached hydrogen (secondary N) is 1. The molecule has 4 aromatic rings. The lowest BCUT2D eigenvalue weighted by atomic mass is 10.1. The molecule has 4 rings (SSSR count). The van der Waals surface area contributed by atoms with Gasteiger partial charge in [-0.2, -0.15) is 8.42 Å². The highest BCUT2D eigenvalue weighted by Gasteiger charge is 2.24. The van der Waals surface area contributed by atoms with E-state index in [0.717, 1.165) is 28.9 Å². The summed E-state index contributed by atoms with van der Waals surface area (Å²) in [5.41, 5.74) is 2.25. The predicted molar refractivity (Wildman–Crippen MR) is 154 cm³/mol. The van der Waals surface area contributed by atoms with Crippen LogP contribution in [0, 0.1) is 6.92 Å². The Kier molecular flexibility index (Phi) is 9.40. The number of carbonyl (C=O) groups excluding carboxylic acids is 2. The van der Waals surface area contributed by atoms with Gasteiger partial charge in [-0.1, -0.05) is 30.3 Å². The Morgan fingerprint density at radius 3 is 2.39 bits per heavy atom. The lowest BCUT2D eigenvalue weighted by molar-refractivity contribution is 0.0740. The van der Waals surface area contributed by atoms with Crippen LogP contribution in [-0.2, 0) is 30.0 Å². The molecule has 2 aromatic heterocycles. The van der Waals surface area contributed by atoms with Crippen LogP contribution in [0.25, 0.3) is 0 Å². The van der Waals surface area contributed by atoms with Crippen molar-refractivity contribution in [2.75, 3.05) is 20.8 Å². The van der Waals surface area contributed by atoms with Crippen LogP contribution in [0.4, 0.5) is 0 Å². The number of aromatic nitrogens is 3. The molecule has 2 aromatic carbocycles. The van der Waals surface area contributed by atoms with E-state index in [2.05, 4.69) is 9.97 Å². The third-order valence-corrected chi connectivity index (χ3v) is 8.37. The Morgan fingerprint density at radius 2 is 1.78 bits per heavy atom. The molecule has 0 unspecified atom stereocenters. The molecule has 2 heterocycles. The van der Waals surface area contributed by atoms with Gasteiger partial charge in [-0.05, 0) is 37.5 Å². The van der Waals surface area contributed by atoms with Crippen LogP contribution in [0.1, 0.15) is 43.4 Å². The summed E-state index contributed by atoms with van der Waals surface area (Å²) < 4.78 is 39.4. The van der Waals surface area contributed by atoms with Crippen molar-refractivity contribution >= 4 is 33.2 Å². The highest BCUT2D eigenvalue weighted by atomic mass is 32.2. The van der Waals surface area contributed by atoms with E-state index in [0.29, 0.717) is 35.0 Å². The molecule has 41 heavy (non-hydrogen) atoms. The molecular weight excluding hydrogens is 566 g/mol. The maximum Gasteiger partial charge on any atom is 0.284 e. The van der Waals surface area contributed by atoms with Gasteiger partial charge in [0.1, 0.15) is 22.2 Å². The first-order chi connectivity index (χ1) is 19.6. The number of thiazole rings is 1. The highest BCUT2D eigenvalue weighted by Crippen LogP contribution is 2.30. The SMILES string of the molecule is COc1cc(C(=O)N(CCCc2ccccc2)Cc2nc(C(=O)NS(=O)(=O)c3cn(C)cn3)cs2)cc(OC)c1C. The predicted octanol–water partition coefficient (Wildman–Crippen LogP) is 3.60. The first kappa shape index (κ1) is 29.7. The third-order valence-electron chi connectivity index (χ3n) is 6.32. The molecule has 0 bridgehead atoms. The molecule has 11 nitrogen and oxygen atoms in total. The van der Waals surface area contributed by atoms with E-state index < -0.39 is 15.9 Å². The molecule has 216 valence electrons. The Hall–Kier alpha value is -4.23. The van der Waals surface area contributed by atoms with Crippen molar-refractivity contribution in [1.29, 1.82) is 0 Å². The zero-order valence-corrected chi connectivity index (χ0v) is 24.8. The Morgan fingerprint density at radius 1 is 1.10 bits per heavy atom. The summed E-state index contributed by atoms with van der Waals surface area (Å²) >= 11 is 1.16. The van der Waals surface area contributed by atoms with Gasteiger partial charge in [-0.25, -0.2) is 14.7 Å². The Bertz CT molecular complexity index is 1610. The van der Waals surface area contributed by atoms with Crippen LogP contribution < -0.4 is 14.2 Å². The zero-order valence-electron chi connectivity index (χ0n) is 23.2. The fourth-order valence-electron chi connectivity index (χ4n) is 4.17. The minimum absolute atomic E-state index is 0.0696. The van der Waals surface area contributed by atoms with Gasteiger partial charge in [0.25, 0.3) is 21.8 Å². The number of ether oxygens (including phenoxy) is 2. The molecule has 0 aliphatic rings. The highest BCUT2D eigenvalue weighted by molar-refractivity contribution is 7.90. The maximum absolute atomic E-state index is 13.8. The number of benzene rings is 2. The molecule has 1 N–H and O–H groups in total.